The molecule has 0 spiro atoms. The zero-order valence-electron chi connectivity index (χ0n) is 12.5. The number of aliphatic hydroxyl groups is 1. The molecule has 120 valence electrons. The molecule has 1 aromatic rings. The number of nitrogens with one attached hydrogen (secondary N) is 1. The summed E-state index contributed by atoms with van der Waals surface area (Å²) in [5, 5.41) is 9.05. The van der Waals surface area contributed by atoms with Crippen LogP contribution in [0.5, 0.6) is 0 Å². The van der Waals surface area contributed by atoms with Crippen LogP contribution in [-0.2, 0) is 21.4 Å². The highest BCUT2D eigenvalue weighted by Gasteiger charge is 2.25. The minimum atomic E-state index is -4.01. The summed E-state index contributed by atoms with van der Waals surface area (Å²) in [7, 11) is -4.01. The molecule has 1 rings (SSSR count). The van der Waals surface area contributed by atoms with Crippen molar-refractivity contribution in [1.29, 1.82) is 0 Å². The van der Waals surface area contributed by atoms with Crippen LogP contribution in [0.3, 0.4) is 0 Å². The van der Waals surface area contributed by atoms with E-state index >= 15 is 0 Å². The molecule has 2 N–H and O–H groups in total. The third-order valence-corrected chi connectivity index (χ3v) is 4.59. The van der Waals surface area contributed by atoms with Crippen molar-refractivity contribution in [1.82, 2.24) is 4.72 Å². The maximum absolute atomic E-state index is 13.8. The molecule has 0 bridgehead atoms. The van der Waals surface area contributed by atoms with Crippen LogP contribution in [0, 0.1) is 11.7 Å². The highest BCUT2D eigenvalue weighted by Crippen LogP contribution is 2.18. The normalized spacial score (nSPS) is 13.6. The largest absolute Gasteiger partial charge is 0.392 e. The van der Waals surface area contributed by atoms with E-state index < -0.39 is 26.8 Å². The lowest BCUT2D eigenvalue weighted by Crippen LogP contribution is -2.42. The van der Waals surface area contributed by atoms with Crippen molar-refractivity contribution in [3.05, 3.63) is 29.6 Å². The van der Waals surface area contributed by atoms with E-state index in [4.69, 9.17) is 9.84 Å². The molecule has 7 heteroatoms. The molecule has 0 fully saturated rings. The molecule has 0 saturated carbocycles. The number of hydrogen-bond acceptors (Lipinski definition) is 4. The van der Waals surface area contributed by atoms with Crippen LogP contribution < -0.4 is 4.72 Å². The van der Waals surface area contributed by atoms with Crippen molar-refractivity contribution in [2.75, 3.05) is 13.2 Å². The Morgan fingerprint density at radius 3 is 2.57 bits per heavy atom. The predicted molar refractivity (Wildman–Crippen MR) is 77.8 cm³/mol. The summed E-state index contributed by atoms with van der Waals surface area (Å²) in [5.41, 5.74) is 0.336. The third kappa shape index (κ3) is 5.03. The van der Waals surface area contributed by atoms with Crippen molar-refractivity contribution < 1.29 is 22.7 Å². The second-order valence-electron chi connectivity index (χ2n) is 5.05. The van der Waals surface area contributed by atoms with Gasteiger partial charge in [0.25, 0.3) is 0 Å². The molecule has 0 heterocycles. The van der Waals surface area contributed by atoms with Gasteiger partial charge in [-0.25, -0.2) is 17.5 Å². The molecule has 21 heavy (non-hydrogen) atoms. The number of benzene rings is 1. The minimum Gasteiger partial charge on any atom is -0.392 e. The quantitative estimate of drug-likeness (QED) is 0.764. The lowest BCUT2D eigenvalue weighted by Gasteiger charge is -2.22. The van der Waals surface area contributed by atoms with Crippen LogP contribution in [-0.4, -0.2) is 32.8 Å². The van der Waals surface area contributed by atoms with Gasteiger partial charge in [-0.05, 0) is 30.5 Å². The molecular weight excluding hydrogens is 297 g/mol. The molecule has 0 aliphatic heterocycles. The Hall–Kier alpha value is -1.02. The van der Waals surface area contributed by atoms with Crippen LogP contribution in [0.1, 0.15) is 26.3 Å². The zero-order valence-corrected chi connectivity index (χ0v) is 13.3. The van der Waals surface area contributed by atoms with E-state index in [9.17, 15) is 12.8 Å². The van der Waals surface area contributed by atoms with Crippen LogP contribution in [0.4, 0.5) is 4.39 Å². The van der Waals surface area contributed by atoms with Gasteiger partial charge in [-0.3, -0.25) is 0 Å². The number of rotatable bonds is 8. The number of halogens is 1. The number of sulfonamides is 1. The van der Waals surface area contributed by atoms with Gasteiger partial charge in [-0.2, -0.15) is 0 Å². The van der Waals surface area contributed by atoms with Crippen LogP contribution in [0.15, 0.2) is 23.1 Å². The van der Waals surface area contributed by atoms with Crippen LogP contribution in [0.2, 0.25) is 0 Å². The molecule has 0 saturated heterocycles. The highest BCUT2D eigenvalue weighted by atomic mass is 32.2. The Morgan fingerprint density at radius 2 is 2.05 bits per heavy atom. The lowest BCUT2D eigenvalue weighted by molar-refractivity contribution is 0.116. The maximum Gasteiger partial charge on any atom is 0.243 e. The number of aliphatic hydroxyl groups excluding tert-OH is 1. The summed E-state index contributed by atoms with van der Waals surface area (Å²) in [6, 6.07) is 3.06. The van der Waals surface area contributed by atoms with Gasteiger partial charge in [0.1, 0.15) is 10.7 Å². The molecule has 5 nitrogen and oxygen atoms in total. The fourth-order valence-electron chi connectivity index (χ4n) is 1.72. The van der Waals surface area contributed by atoms with Crippen LogP contribution >= 0.6 is 0 Å². The number of hydrogen-bond donors (Lipinski definition) is 2. The van der Waals surface area contributed by atoms with E-state index in [2.05, 4.69) is 4.72 Å². The van der Waals surface area contributed by atoms with Gasteiger partial charge in [0.05, 0.1) is 13.2 Å². The molecule has 0 aliphatic rings. The fourth-order valence-corrected chi connectivity index (χ4v) is 3.22. The van der Waals surface area contributed by atoms with Gasteiger partial charge in [0, 0.05) is 12.6 Å². The lowest BCUT2D eigenvalue weighted by atomic mass is 10.1. The summed E-state index contributed by atoms with van der Waals surface area (Å²) in [6.07, 6.45) is 0. The average molecular weight is 319 g/mol. The van der Waals surface area contributed by atoms with E-state index in [1.165, 1.54) is 6.07 Å². The van der Waals surface area contributed by atoms with Crippen molar-refractivity contribution in [3.63, 3.8) is 0 Å². The first kappa shape index (κ1) is 18.0. The van der Waals surface area contributed by atoms with Gasteiger partial charge in [0.2, 0.25) is 10.0 Å². The first-order valence-electron chi connectivity index (χ1n) is 6.81. The molecule has 0 aliphatic carbocycles. The van der Waals surface area contributed by atoms with E-state index in [1.807, 2.05) is 20.8 Å². The third-order valence-electron chi connectivity index (χ3n) is 3.08. The van der Waals surface area contributed by atoms with Gasteiger partial charge >= 0.3 is 0 Å². The van der Waals surface area contributed by atoms with Crippen molar-refractivity contribution in [2.45, 2.75) is 38.3 Å². The van der Waals surface area contributed by atoms with E-state index in [0.29, 0.717) is 12.2 Å². The van der Waals surface area contributed by atoms with Gasteiger partial charge in [0.15, 0.2) is 0 Å². The Kier molecular flexibility index (Phi) is 6.73. The average Bonchev–Trinajstić information content (AvgIpc) is 2.43. The second kappa shape index (κ2) is 7.84. The molecular formula is C14H22FNO4S. The fraction of sp³-hybridized carbons (Fsp3) is 0.571. The molecule has 0 amide bonds. The zero-order chi connectivity index (χ0) is 16.0. The summed E-state index contributed by atoms with van der Waals surface area (Å²) >= 11 is 0. The summed E-state index contributed by atoms with van der Waals surface area (Å²) in [4.78, 5) is -0.462. The topological polar surface area (TPSA) is 75.6 Å². The Morgan fingerprint density at radius 1 is 1.38 bits per heavy atom. The first-order valence-corrected chi connectivity index (χ1v) is 8.29. The SMILES string of the molecule is CCOCC(NS(=O)(=O)c1cc(CO)ccc1F)C(C)C. The Balaban J connectivity index is 3.04. The minimum absolute atomic E-state index is 0.00425. The second-order valence-corrected chi connectivity index (χ2v) is 6.74. The first-order chi connectivity index (χ1) is 9.81. The van der Waals surface area contributed by atoms with Gasteiger partial charge in [-0.1, -0.05) is 19.9 Å². The smallest absolute Gasteiger partial charge is 0.243 e. The molecule has 1 aromatic carbocycles. The van der Waals surface area contributed by atoms with Crippen molar-refractivity contribution >= 4 is 10.0 Å². The number of ether oxygens (including phenoxy) is 1. The van der Waals surface area contributed by atoms with Crippen molar-refractivity contribution in [3.8, 4) is 0 Å². The molecule has 0 aromatic heterocycles. The molecule has 0 radical (unpaired) electrons. The van der Waals surface area contributed by atoms with E-state index in [1.54, 1.807) is 0 Å². The maximum atomic E-state index is 13.8. The highest BCUT2D eigenvalue weighted by molar-refractivity contribution is 7.89. The summed E-state index contributed by atoms with van der Waals surface area (Å²) in [6.45, 7) is 5.86. The van der Waals surface area contributed by atoms with Crippen molar-refractivity contribution in [2.24, 2.45) is 5.92 Å². The molecule has 1 unspecified atom stereocenters. The van der Waals surface area contributed by atoms with Crippen LogP contribution in [0.25, 0.3) is 0 Å². The molecule has 1 atom stereocenters. The monoisotopic (exact) mass is 319 g/mol. The summed E-state index contributed by atoms with van der Waals surface area (Å²) < 4.78 is 46.1. The summed E-state index contributed by atoms with van der Waals surface area (Å²) in [5.74, 6) is -0.853. The van der Waals surface area contributed by atoms with Gasteiger partial charge in [-0.15, -0.1) is 0 Å². The Labute approximate surface area is 125 Å². The van der Waals surface area contributed by atoms with E-state index in [0.717, 1.165) is 12.1 Å². The van der Waals surface area contributed by atoms with E-state index in [-0.39, 0.29) is 19.1 Å². The predicted octanol–water partition coefficient (Wildman–Crippen LogP) is 1.66. The van der Waals surface area contributed by atoms with Gasteiger partial charge < -0.3 is 9.84 Å². The standard InChI is InChI=1S/C14H22FNO4S/c1-4-20-9-13(10(2)3)16-21(18,19)14-7-11(8-17)5-6-12(14)15/h5-7,10,13,16-17H,4,8-9H2,1-3H3. The Bertz CT molecular complexity index is 560.